The molecule has 2 atom stereocenters. The van der Waals surface area contributed by atoms with E-state index < -0.39 is 16.8 Å². The number of carbonyl (C=O) groups excluding carboxylic acids is 2. The average molecular weight is 666 g/mol. The number of hydrogen-bond acceptors (Lipinski definition) is 5. The van der Waals surface area contributed by atoms with Crippen molar-refractivity contribution < 1.29 is 18.5 Å². The van der Waals surface area contributed by atoms with Gasteiger partial charge in [-0.25, -0.2) is 0 Å². The Morgan fingerprint density at radius 1 is 0.956 bits per heavy atom. The van der Waals surface area contributed by atoms with Crippen molar-refractivity contribution in [1.82, 2.24) is 9.80 Å². The molecule has 45 heavy (non-hydrogen) atoms. The molecule has 0 saturated carbocycles. The number of carbonyl (C=O) groups is 2. The van der Waals surface area contributed by atoms with Crippen LogP contribution >= 0.6 is 23.2 Å². The molecule has 0 N–H and O–H groups in total. The first-order chi connectivity index (χ1) is 21.7. The molecule has 0 aliphatic carbocycles. The fourth-order valence-corrected chi connectivity index (χ4v) is 7.45. The Labute approximate surface area is 277 Å². The summed E-state index contributed by atoms with van der Waals surface area (Å²) in [5.41, 5.74) is 2.69. The molecule has 6 nitrogen and oxygen atoms in total. The van der Waals surface area contributed by atoms with Gasteiger partial charge < -0.3 is 14.5 Å². The van der Waals surface area contributed by atoms with Crippen LogP contribution in [0, 0.1) is 0 Å². The number of ether oxygens (including phenoxy) is 1. The first-order valence-electron chi connectivity index (χ1n) is 15.2. The van der Waals surface area contributed by atoms with Crippen molar-refractivity contribution >= 4 is 56.7 Å². The van der Waals surface area contributed by atoms with Crippen LogP contribution in [0.1, 0.15) is 52.6 Å². The van der Waals surface area contributed by atoms with Gasteiger partial charge in [-0.2, -0.15) is 0 Å². The van der Waals surface area contributed by atoms with Crippen LogP contribution in [-0.2, 0) is 20.3 Å². The van der Waals surface area contributed by atoms with Crippen LogP contribution < -0.4 is 0 Å². The number of halogens is 2. The third-order valence-electron chi connectivity index (χ3n) is 8.76. The summed E-state index contributed by atoms with van der Waals surface area (Å²) in [6, 6.07) is 27.0. The minimum Gasteiger partial charge on any atom is -0.468 e. The Hall–Kier alpha value is -3.23. The molecule has 1 unspecified atom stereocenters. The van der Waals surface area contributed by atoms with Gasteiger partial charge in [-0.1, -0.05) is 83.9 Å². The molecule has 0 bridgehead atoms. The van der Waals surface area contributed by atoms with E-state index in [0.29, 0.717) is 28.1 Å². The van der Waals surface area contributed by atoms with Crippen LogP contribution in [0.25, 0.3) is 10.8 Å². The zero-order valence-electron chi connectivity index (χ0n) is 25.6. The monoisotopic (exact) mass is 664 g/mol. The highest BCUT2D eigenvalue weighted by Crippen LogP contribution is 2.34. The number of hydrogen-bond donors (Lipinski definition) is 0. The highest BCUT2D eigenvalue weighted by Gasteiger charge is 2.28. The zero-order chi connectivity index (χ0) is 31.9. The van der Waals surface area contributed by atoms with Gasteiger partial charge in [0, 0.05) is 29.2 Å². The summed E-state index contributed by atoms with van der Waals surface area (Å²) in [5, 5.41) is 2.71. The molecule has 1 amide bonds. The summed E-state index contributed by atoms with van der Waals surface area (Å²) in [7, 11) is 0.312. The number of likely N-dealkylation sites (tertiary alicyclic amines) is 1. The lowest BCUT2D eigenvalue weighted by molar-refractivity contribution is -0.141. The molecule has 4 aromatic carbocycles. The second-order valence-electron chi connectivity index (χ2n) is 11.6. The van der Waals surface area contributed by atoms with Crippen LogP contribution in [0.5, 0.6) is 0 Å². The second-order valence-corrected chi connectivity index (χ2v) is 13.7. The van der Waals surface area contributed by atoms with E-state index in [-0.39, 0.29) is 18.4 Å². The third kappa shape index (κ3) is 8.14. The van der Waals surface area contributed by atoms with Crippen molar-refractivity contribution in [3.63, 3.8) is 0 Å². The summed E-state index contributed by atoms with van der Waals surface area (Å²) in [4.78, 5) is 31.6. The SMILES string of the molecule is COC(=O)CN(CC(CCN1CCC(c2ccccc2[S@](C)=O)CC1)c1ccc(Cl)c(Cl)c1)C(=O)c1cccc2ccccc12. The highest BCUT2D eigenvalue weighted by molar-refractivity contribution is 7.84. The summed E-state index contributed by atoms with van der Waals surface area (Å²) in [5.74, 6) is -0.438. The number of benzene rings is 4. The number of fused-ring (bicyclic) bond motifs is 1. The van der Waals surface area contributed by atoms with Crippen LogP contribution in [-0.4, -0.2) is 72.0 Å². The highest BCUT2D eigenvalue weighted by atomic mass is 35.5. The Morgan fingerprint density at radius 3 is 2.40 bits per heavy atom. The molecule has 0 radical (unpaired) electrons. The molecule has 5 rings (SSSR count). The van der Waals surface area contributed by atoms with Gasteiger partial charge in [0.1, 0.15) is 6.54 Å². The van der Waals surface area contributed by atoms with E-state index in [4.69, 9.17) is 27.9 Å². The average Bonchev–Trinajstić information content (AvgIpc) is 3.07. The standard InChI is InChI=1S/C36H38Cl2N2O4S/c1-44-35(41)24-40(36(42)31-12-7-9-25-8-3-4-10-29(25)31)23-28(27-14-15-32(37)33(38)22-27)18-21-39-19-16-26(17-20-39)30-11-5-6-13-34(30)45(2)43/h3-15,22,26,28H,16-21,23-24H2,1-2H3/t28?,45-/m0/s1. The van der Waals surface area contributed by atoms with Gasteiger partial charge in [-0.05, 0) is 91.0 Å². The molecule has 1 saturated heterocycles. The quantitative estimate of drug-likeness (QED) is 0.155. The van der Waals surface area contributed by atoms with Gasteiger partial charge >= 0.3 is 5.97 Å². The van der Waals surface area contributed by atoms with Gasteiger partial charge in [-0.15, -0.1) is 0 Å². The van der Waals surface area contributed by atoms with Gasteiger partial charge in [-0.3, -0.25) is 13.8 Å². The van der Waals surface area contributed by atoms with Crippen LogP contribution in [0.15, 0.2) is 89.8 Å². The lowest BCUT2D eigenvalue weighted by Crippen LogP contribution is -2.40. The number of nitrogens with zero attached hydrogens (tertiary/aromatic N) is 2. The maximum absolute atomic E-state index is 14.1. The van der Waals surface area contributed by atoms with Gasteiger partial charge in [0.05, 0.1) is 28.0 Å². The van der Waals surface area contributed by atoms with E-state index in [9.17, 15) is 13.8 Å². The number of piperidine rings is 1. The molecule has 1 aliphatic heterocycles. The molecule has 1 heterocycles. The molecule has 0 spiro atoms. The van der Waals surface area contributed by atoms with Crippen LogP contribution in [0.3, 0.4) is 0 Å². The van der Waals surface area contributed by atoms with Crippen molar-refractivity contribution in [2.45, 2.75) is 36.0 Å². The van der Waals surface area contributed by atoms with Crippen molar-refractivity contribution in [3.05, 3.63) is 112 Å². The Bertz CT molecular complexity index is 1680. The largest absolute Gasteiger partial charge is 0.468 e. The maximum Gasteiger partial charge on any atom is 0.325 e. The molecule has 1 aliphatic rings. The molecule has 4 aromatic rings. The molecule has 236 valence electrons. The summed E-state index contributed by atoms with van der Waals surface area (Å²) in [6.45, 7) is 2.79. The fraction of sp³-hybridized carbons (Fsp3) is 0.333. The maximum atomic E-state index is 14.1. The fourth-order valence-electron chi connectivity index (χ4n) is 6.30. The number of esters is 1. The lowest BCUT2D eigenvalue weighted by Gasteiger charge is -2.34. The molecular formula is C36H38Cl2N2O4S. The molecular weight excluding hydrogens is 627 g/mol. The van der Waals surface area contributed by atoms with Gasteiger partial charge in [0.2, 0.25) is 0 Å². The lowest BCUT2D eigenvalue weighted by atomic mass is 9.88. The van der Waals surface area contributed by atoms with E-state index in [0.717, 1.165) is 60.1 Å². The topological polar surface area (TPSA) is 66.9 Å². The van der Waals surface area contributed by atoms with Crippen molar-refractivity contribution in [2.24, 2.45) is 0 Å². The predicted molar refractivity (Wildman–Crippen MR) is 183 cm³/mol. The minimum absolute atomic E-state index is 0.107. The number of amides is 1. The summed E-state index contributed by atoms with van der Waals surface area (Å²) in [6.07, 6.45) is 4.46. The first-order valence-corrected chi connectivity index (χ1v) is 17.5. The Kier molecular flexibility index (Phi) is 11.3. The van der Waals surface area contributed by atoms with Gasteiger partial charge in [0.15, 0.2) is 0 Å². The molecule has 1 fully saturated rings. The van der Waals surface area contributed by atoms with Crippen molar-refractivity contribution in [2.75, 3.05) is 46.1 Å². The summed E-state index contributed by atoms with van der Waals surface area (Å²) < 4.78 is 17.3. The van der Waals surface area contributed by atoms with Crippen molar-refractivity contribution in [3.8, 4) is 0 Å². The predicted octanol–water partition coefficient (Wildman–Crippen LogP) is 7.55. The zero-order valence-corrected chi connectivity index (χ0v) is 27.9. The number of methoxy groups -OCH3 is 1. The molecule has 0 aromatic heterocycles. The van der Waals surface area contributed by atoms with E-state index in [2.05, 4.69) is 11.0 Å². The van der Waals surface area contributed by atoms with E-state index >= 15 is 0 Å². The normalized spacial score (nSPS) is 15.5. The van der Waals surface area contributed by atoms with E-state index in [1.54, 1.807) is 23.3 Å². The second kappa shape index (κ2) is 15.4. The van der Waals surface area contributed by atoms with Crippen molar-refractivity contribution in [1.29, 1.82) is 0 Å². The third-order valence-corrected chi connectivity index (χ3v) is 10.5. The van der Waals surface area contributed by atoms with E-state index in [1.165, 1.54) is 12.7 Å². The first kappa shape index (κ1) is 33.1. The summed E-state index contributed by atoms with van der Waals surface area (Å²) >= 11 is 12.7. The van der Waals surface area contributed by atoms with Crippen LogP contribution in [0.4, 0.5) is 0 Å². The Morgan fingerprint density at radius 2 is 1.67 bits per heavy atom. The number of rotatable bonds is 11. The van der Waals surface area contributed by atoms with Gasteiger partial charge in [0.25, 0.3) is 5.91 Å². The minimum atomic E-state index is -1.02. The smallest absolute Gasteiger partial charge is 0.325 e. The van der Waals surface area contributed by atoms with Crippen LogP contribution in [0.2, 0.25) is 10.0 Å². The molecule has 9 heteroatoms. The van der Waals surface area contributed by atoms with E-state index in [1.807, 2.05) is 66.7 Å². The Balaban J connectivity index is 1.36.